The number of ether oxygens (including phenoxy) is 2. The zero-order valence-corrected chi connectivity index (χ0v) is 21.8. The predicted octanol–water partition coefficient (Wildman–Crippen LogP) is 3.33. The molecule has 2 aromatic rings. The van der Waals surface area contributed by atoms with Crippen LogP contribution in [0.4, 0.5) is 9.80 Å². The van der Waals surface area contributed by atoms with Crippen LogP contribution in [0.5, 0.6) is 0 Å². The van der Waals surface area contributed by atoms with E-state index in [9.17, 15) is 22.8 Å². The molecule has 1 aliphatic rings. The second kappa shape index (κ2) is 11.2. The molecule has 0 aliphatic carbocycles. The van der Waals surface area contributed by atoms with Gasteiger partial charge in [-0.3, -0.25) is 4.79 Å². The fraction of sp³-hybridized carbons (Fsp3) is 0.435. The van der Waals surface area contributed by atoms with Gasteiger partial charge < -0.3 is 19.7 Å². The molecular weight excluding hydrogens is 494 g/mol. The van der Waals surface area contributed by atoms with E-state index in [1.54, 1.807) is 25.7 Å². The molecule has 35 heavy (non-hydrogen) atoms. The number of rotatable bonds is 8. The topological polar surface area (TPSA) is 122 Å². The Balaban J connectivity index is 1.85. The van der Waals surface area contributed by atoms with Gasteiger partial charge in [0.1, 0.15) is 5.00 Å². The number of benzene rings is 1. The number of methoxy groups -OCH3 is 1. The number of anilines is 1. The van der Waals surface area contributed by atoms with Crippen molar-refractivity contribution in [1.29, 1.82) is 0 Å². The molecule has 0 atom stereocenters. The highest BCUT2D eigenvalue weighted by Gasteiger charge is 2.31. The van der Waals surface area contributed by atoms with Gasteiger partial charge in [-0.1, -0.05) is 13.8 Å². The first-order valence-electron chi connectivity index (χ1n) is 11.2. The van der Waals surface area contributed by atoms with Crippen LogP contribution in [0.15, 0.2) is 29.2 Å². The van der Waals surface area contributed by atoms with Crippen molar-refractivity contribution < 1.29 is 32.3 Å². The molecule has 0 spiro atoms. The van der Waals surface area contributed by atoms with E-state index in [1.807, 2.05) is 0 Å². The van der Waals surface area contributed by atoms with Crippen LogP contribution in [0, 0.1) is 0 Å². The summed E-state index contributed by atoms with van der Waals surface area (Å²) in [5.41, 5.74) is 1.24. The molecule has 0 unspecified atom stereocenters. The fourth-order valence-corrected chi connectivity index (χ4v) is 6.55. The third-order valence-electron chi connectivity index (χ3n) is 5.66. The molecule has 1 aromatic carbocycles. The molecule has 10 nitrogen and oxygen atoms in total. The normalized spacial score (nSPS) is 13.3. The minimum atomic E-state index is -3.64. The second-order valence-electron chi connectivity index (χ2n) is 7.64. The number of nitrogens with one attached hydrogen (secondary N) is 1. The third kappa shape index (κ3) is 5.49. The lowest BCUT2D eigenvalue weighted by Gasteiger charge is -2.26. The zero-order valence-electron chi connectivity index (χ0n) is 20.1. The van der Waals surface area contributed by atoms with Crippen LogP contribution < -0.4 is 5.32 Å². The lowest BCUT2D eigenvalue weighted by atomic mass is 10.0. The molecule has 3 rings (SSSR count). The van der Waals surface area contributed by atoms with Gasteiger partial charge >= 0.3 is 12.1 Å². The van der Waals surface area contributed by atoms with Gasteiger partial charge in [0.05, 0.1) is 30.7 Å². The van der Waals surface area contributed by atoms with E-state index in [0.717, 1.165) is 10.4 Å². The average molecular weight is 524 g/mol. The Labute approximate surface area is 208 Å². The molecule has 2 heterocycles. The Morgan fingerprint density at radius 2 is 1.77 bits per heavy atom. The van der Waals surface area contributed by atoms with Crippen molar-refractivity contribution >= 4 is 44.3 Å². The van der Waals surface area contributed by atoms with E-state index in [4.69, 9.17) is 9.47 Å². The van der Waals surface area contributed by atoms with Crippen molar-refractivity contribution in [2.75, 3.05) is 38.7 Å². The number of thiophene rings is 1. The Morgan fingerprint density at radius 3 is 2.34 bits per heavy atom. The highest BCUT2D eigenvalue weighted by molar-refractivity contribution is 7.89. The van der Waals surface area contributed by atoms with E-state index in [2.05, 4.69) is 5.32 Å². The largest absolute Gasteiger partial charge is 0.465 e. The van der Waals surface area contributed by atoms with Gasteiger partial charge in [0, 0.05) is 30.1 Å². The molecule has 0 fully saturated rings. The molecule has 0 saturated carbocycles. The molecule has 1 aromatic heterocycles. The van der Waals surface area contributed by atoms with Crippen molar-refractivity contribution in [1.82, 2.24) is 9.21 Å². The number of hydrogen-bond acceptors (Lipinski definition) is 8. The van der Waals surface area contributed by atoms with Crippen LogP contribution in [0.3, 0.4) is 0 Å². The monoisotopic (exact) mass is 523 g/mol. The van der Waals surface area contributed by atoms with Crippen LogP contribution in [-0.4, -0.2) is 68.9 Å². The highest BCUT2D eigenvalue weighted by Crippen LogP contribution is 2.38. The Hall–Kier alpha value is -2.96. The van der Waals surface area contributed by atoms with Gasteiger partial charge in [0.2, 0.25) is 10.0 Å². The summed E-state index contributed by atoms with van der Waals surface area (Å²) < 4.78 is 36.7. The van der Waals surface area contributed by atoms with E-state index in [1.165, 1.54) is 47.0 Å². The maximum Gasteiger partial charge on any atom is 0.410 e. The van der Waals surface area contributed by atoms with Crippen LogP contribution >= 0.6 is 11.3 Å². The molecule has 0 saturated heterocycles. The summed E-state index contributed by atoms with van der Waals surface area (Å²) in [7, 11) is -2.38. The number of sulfonamides is 1. The summed E-state index contributed by atoms with van der Waals surface area (Å²) in [6, 6.07) is 5.64. The third-order valence-corrected chi connectivity index (χ3v) is 8.86. The van der Waals surface area contributed by atoms with Crippen LogP contribution in [0.25, 0.3) is 0 Å². The maximum absolute atomic E-state index is 13.0. The number of carbonyl (C=O) groups excluding carboxylic acids is 3. The molecule has 1 N–H and O–H groups in total. The van der Waals surface area contributed by atoms with E-state index >= 15 is 0 Å². The van der Waals surface area contributed by atoms with Gasteiger partial charge in [0.15, 0.2) is 0 Å². The van der Waals surface area contributed by atoms with Crippen molar-refractivity contribution in [2.24, 2.45) is 0 Å². The van der Waals surface area contributed by atoms with Crippen molar-refractivity contribution in [3.05, 3.63) is 45.8 Å². The number of fused-ring (bicyclic) bond motifs is 1. The van der Waals surface area contributed by atoms with Gasteiger partial charge in [-0.25, -0.2) is 18.0 Å². The Morgan fingerprint density at radius 1 is 1.11 bits per heavy atom. The highest BCUT2D eigenvalue weighted by atomic mass is 32.2. The van der Waals surface area contributed by atoms with Crippen LogP contribution in [-0.2, 0) is 32.5 Å². The van der Waals surface area contributed by atoms with E-state index in [-0.39, 0.29) is 29.2 Å². The number of amides is 2. The summed E-state index contributed by atoms with van der Waals surface area (Å²) in [5, 5.41) is 3.07. The zero-order chi connectivity index (χ0) is 25.8. The quantitative estimate of drug-likeness (QED) is 0.527. The minimum Gasteiger partial charge on any atom is -0.465 e. The standard InChI is InChI=1S/C23H29N3O7S2/c1-5-26(6-2)35(30,31)16-10-8-15(9-11-16)20(27)24-21-19(22(28)32-4)17-12-13-25(14-18(17)34-21)23(29)33-7-3/h8-11H,5-7,12-14H2,1-4H3,(H,24,27). The van der Waals surface area contributed by atoms with Crippen molar-refractivity contribution in [3.63, 3.8) is 0 Å². The summed E-state index contributed by atoms with van der Waals surface area (Å²) in [5.74, 6) is -1.08. The SMILES string of the molecule is CCOC(=O)N1CCc2c(sc(NC(=O)c3ccc(S(=O)(=O)N(CC)CC)cc3)c2C(=O)OC)C1. The maximum atomic E-state index is 13.0. The number of nitrogens with zero attached hydrogens (tertiary/aromatic N) is 2. The lowest BCUT2D eigenvalue weighted by Crippen LogP contribution is -2.36. The first kappa shape index (κ1) is 26.6. The van der Waals surface area contributed by atoms with Gasteiger partial charge in [-0.15, -0.1) is 11.3 Å². The van der Waals surface area contributed by atoms with Crippen LogP contribution in [0.2, 0.25) is 0 Å². The minimum absolute atomic E-state index is 0.0960. The number of hydrogen-bond donors (Lipinski definition) is 1. The first-order chi connectivity index (χ1) is 16.7. The van der Waals surface area contributed by atoms with E-state index in [0.29, 0.717) is 31.1 Å². The predicted molar refractivity (Wildman–Crippen MR) is 131 cm³/mol. The smallest absolute Gasteiger partial charge is 0.410 e. The Bertz CT molecular complexity index is 1200. The van der Waals surface area contributed by atoms with Gasteiger partial charge in [0.25, 0.3) is 5.91 Å². The van der Waals surface area contributed by atoms with Gasteiger partial charge in [-0.05, 0) is 43.2 Å². The molecule has 0 radical (unpaired) electrons. The fourth-order valence-electron chi connectivity index (χ4n) is 3.85. The second-order valence-corrected chi connectivity index (χ2v) is 10.7. The average Bonchev–Trinajstić information content (AvgIpc) is 3.21. The molecule has 0 bridgehead atoms. The summed E-state index contributed by atoms with van der Waals surface area (Å²) in [4.78, 5) is 40.0. The number of carbonyl (C=O) groups is 3. The Kier molecular flexibility index (Phi) is 8.51. The molecular formula is C23H29N3O7S2. The summed E-state index contributed by atoms with van der Waals surface area (Å²) in [6.07, 6.45) is -0.0143. The van der Waals surface area contributed by atoms with Crippen molar-refractivity contribution in [3.8, 4) is 0 Å². The summed E-state index contributed by atoms with van der Waals surface area (Å²) >= 11 is 1.20. The van der Waals surface area contributed by atoms with Crippen LogP contribution in [0.1, 0.15) is 51.9 Å². The molecule has 12 heteroatoms. The lowest BCUT2D eigenvalue weighted by molar-refractivity contribution is 0.0600. The molecule has 190 valence electrons. The van der Waals surface area contributed by atoms with Gasteiger partial charge in [-0.2, -0.15) is 4.31 Å². The molecule has 2 amide bonds. The summed E-state index contributed by atoms with van der Waals surface area (Å²) in [6.45, 7) is 6.83. The number of esters is 1. The first-order valence-corrected chi connectivity index (χ1v) is 13.5. The molecule has 1 aliphatic heterocycles. The van der Waals surface area contributed by atoms with E-state index < -0.39 is 28.0 Å². The van der Waals surface area contributed by atoms with Crippen molar-refractivity contribution in [2.45, 2.75) is 38.6 Å².